The van der Waals surface area contributed by atoms with Crippen LogP contribution in [0.3, 0.4) is 0 Å². The maximum Gasteiger partial charge on any atom is 0.250 e. The molecule has 0 fully saturated rings. The van der Waals surface area contributed by atoms with Crippen LogP contribution < -0.4 is 8.92 Å². The van der Waals surface area contributed by atoms with E-state index in [2.05, 4.69) is 41.4 Å². The molecule has 0 saturated carbocycles. The van der Waals surface area contributed by atoms with Gasteiger partial charge >= 0.3 is 0 Å². The zero-order chi connectivity index (χ0) is 20.5. The maximum atomic E-state index is 5.88. The number of aromatic amines is 1. The summed E-state index contributed by atoms with van der Waals surface area (Å²) in [6.07, 6.45) is 0.935. The molecule has 0 bridgehead atoms. The highest BCUT2D eigenvalue weighted by Crippen LogP contribution is 2.29. The summed E-state index contributed by atoms with van der Waals surface area (Å²) < 4.78 is 11.6. The van der Waals surface area contributed by atoms with Gasteiger partial charge in [0.25, 0.3) is 5.88 Å². The van der Waals surface area contributed by atoms with Crippen LogP contribution in [0.2, 0.25) is 0 Å². The number of hydrogen-bond acceptors (Lipinski definition) is 4. The summed E-state index contributed by atoms with van der Waals surface area (Å²) in [7, 11) is 0. The standard InChI is InChI=1S/C21H24N2O2S.C2H6/c1-14(2)24-18-9-7-17(8-10-18)13-20-16(4)22-23-21(20)25-26-19-11-5-15(3)6-12-19;1-2/h5-12,14H,13H2,1-4H3,(H,22,23);1-2H3. The molecule has 28 heavy (non-hydrogen) atoms. The molecule has 0 radical (unpaired) electrons. The Morgan fingerprint density at radius 2 is 1.61 bits per heavy atom. The summed E-state index contributed by atoms with van der Waals surface area (Å²) in [6, 6.07) is 16.4. The Morgan fingerprint density at radius 3 is 2.21 bits per heavy atom. The molecule has 1 heterocycles. The first-order valence-corrected chi connectivity index (χ1v) is 10.5. The van der Waals surface area contributed by atoms with Crippen LogP contribution in [0.1, 0.15) is 50.1 Å². The summed E-state index contributed by atoms with van der Waals surface area (Å²) in [6.45, 7) is 12.1. The van der Waals surface area contributed by atoms with Crippen LogP contribution in [0, 0.1) is 13.8 Å². The van der Waals surface area contributed by atoms with E-state index >= 15 is 0 Å². The van der Waals surface area contributed by atoms with Gasteiger partial charge in [0, 0.05) is 22.6 Å². The Morgan fingerprint density at radius 1 is 0.964 bits per heavy atom. The molecule has 0 aliphatic rings. The second-order valence-corrected chi connectivity index (χ2v) is 7.40. The van der Waals surface area contributed by atoms with Crippen molar-refractivity contribution in [1.29, 1.82) is 0 Å². The number of hydrogen-bond donors (Lipinski definition) is 1. The molecule has 0 amide bonds. The van der Waals surface area contributed by atoms with Gasteiger partial charge < -0.3 is 8.92 Å². The van der Waals surface area contributed by atoms with Crippen molar-refractivity contribution in [3.63, 3.8) is 0 Å². The fraction of sp³-hybridized carbons (Fsp3) is 0.348. The second kappa shape index (κ2) is 10.8. The lowest BCUT2D eigenvalue weighted by molar-refractivity contribution is 0.242. The Hall–Kier alpha value is -2.40. The molecular formula is C23H30N2O2S. The SMILES string of the molecule is CC.Cc1ccc(SOc2n[nH]c(C)c2Cc2ccc(OC(C)C)cc2)cc1. The summed E-state index contributed by atoms with van der Waals surface area (Å²) in [4.78, 5) is 1.05. The molecule has 4 nitrogen and oxygen atoms in total. The molecule has 3 aromatic rings. The van der Waals surface area contributed by atoms with Gasteiger partial charge in [-0.2, -0.15) is 0 Å². The first-order chi connectivity index (χ1) is 13.5. The van der Waals surface area contributed by atoms with Crippen LogP contribution in [-0.2, 0) is 6.42 Å². The van der Waals surface area contributed by atoms with Crippen molar-refractivity contribution in [2.45, 2.75) is 59.0 Å². The van der Waals surface area contributed by atoms with Crippen molar-refractivity contribution < 1.29 is 8.92 Å². The van der Waals surface area contributed by atoms with E-state index in [9.17, 15) is 0 Å². The summed E-state index contributed by atoms with van der Waals surface area (Å²) in [5.74, 6) is 1.52. The van der Waals surface area contributed by atoms with E-state index in [0.29, 0.717) is 5.88 Å². The molecule has 0 spiro atoms. The fourth-order valence-corrected chi connectivity index (χ4v) is 3.11. The zero-order valence-electron chi connectivity index (χ0n) is 17.6. The lowest BCUT2D eigenvalue weighted by Crippen LogP contribution is -2.05. The molecule has 0 atom stereocenters. The van der Waals surface area contributed by atoms with E-state index in [-0.39, 0.29) is 6.10 Å². The fourth-order valence-electron chi connectivity index (χ4n) is 2.55. The highest BCUT2D eigenvalue weighted by Gasteiger charge is 2.13. The number of H-pyrrole nitrogens is 1. The van der Waals surface area contributed by atoms with Crippen LogP contribution in [0.5, 0.6) is 11.6 Å². The van der Waals surface area contributed by atoms with Crippen molar-refractivity contribution >= 4 is 12.0 Å². The number of aryl methyl sites for hydroxylation is 2. The minimum absolute atomic E-state index is 0.177. The average molecular weight is 399 g/mol. The number of ether oxygens (including phenoxy) is 1. The van der Waals surface area contributed by atoms with Crippen LogP contribution in [0.25, 0.3) is 0 Å². The second-order valence-electron chi connectivity index (χ2n) is 6.60. The monoisotopic (exact) mass is 398 g/mol. The number of nitrogens with one attached hydrogen (secondary N) is 1. The van der Waals surface area contributed by atoms with Gasteiger partial charge in [0.1, 0.15) is 5.75 Å². The minimum atomic E-state index is 0.177. The number of aromatic nitrogens is 2. The number of benzene rings is 2. The van der Waals surface area contributed by atoms with Crippen LogP contribution in [0.15, 0.2) is 53.4 Å². The smallest absolute Gasteiger partial charge is 0.250 e. The van der Waals surface area contributed by atoms with Crippen molar-refractivity contribution in [1.82, 2.24) is 10.2 Å². The van der Waals surface area contributed by atoms with Crippen LogP contribution >= 0.6 is 12.0 Å². The molecular weight excluding hydrogens is 368 g/mol. The van der Waals surface area contributed by atoms with Crippen LogP contribution in [0.4, 0.5) is 0 Å². The quantitative estimate of drug-likeness (QED) is 0.460. The summed E-state index contributed by atoms with van der Waals surface area (Å²) in [5, 5.41) is 7.34. The topological polar surface area (TPSA) is 47.1 Å². The predicted octanol–water partition coefficient (Wildman–Crippen LogP) is 6.52. The number of rotatable bonds is 7. The first kappa shape index (κ1) is 21.9. The van der Waals surface area contributed by atoms with Crippen LogP contribution in [-0.4, -0.2) is 16.3 Å². The van der Waals surface area contributed by atoms with E-state index in [1.807, 2.05) is 58.9 Å². The first-order valence-electron chi connectivity index (χ1n) is 9.72. The van der Waals surface area contributed by atoms with E-state index in [1.165, 1.54) is 23.2 Å². The zero-order valence-corrected chi connectivity index (χ0v) is 18.4. The van der Waals surface area contributed by atoms with E-state index in [1.54, 1.807) is 0 Å². The Balaban J connectivity index is 0.00000136. The van der Waals surface area contributed by atoms with Gasteiger partial charge in [0.2, 0.25) is 0 Å². The van der Waals surface area contributed by atoms with E-state index < -0.39 is 0 Å². The minimum Gasteiger partial charge on any atom is -0.491 e. The van der Waals surface area contributed by atoms with E-state index in [0.717, 1.165) is 28.3 Å². The van der Waals surface area contributed by atoms with Crippen molar-refractivity contribution in [2.24, 2.45) is 0 Å². The molecule has 0 aliphatic carbocycles. The highest BCUT2D eigenvalue weighted by atomic mass is 32.2. The molecule has 5 heteroatoms. The normalized spacial score (nSPS) is 10.4. The lowest BCUT2D eigenvalue weighted by atomic mass is 10.1. The van der Waals surface area contributed by atoms with Gasteiger partial charge in [-0.1, -0.05) is 43.7 Å². The third kappa shape index (κ3) is 6.34. The van der Waals surface area contributed by atoms with Gasteiger partial charge in [-0.3, -0.25) is 5.10 Å². The van der Waals surface area contributed by atoms with Gasteiger partial charge in [0.15, 0.2) is 0 Å². The predicted molar refractivity (Wildman–Crippen MR) is 117 cm³/mol. The molecule has 3 rings (SSSR count). The average Bonchev–Trinajstić information content (AvgIpc) is 3.04. The molecule has 0 unspecified atom stereocenters. The van der Waals surface area contributed by atoms with Gasteiger partial charge in [-0.05, 0) is 57.5 Å². The molecule has 1 N–H and O–H groups in total. The molecule has 1 aromatic heterocycles. The lowest BCUT2D eigenvalue weighted by Gasteiger charge is -2.10. The Kier molecular flexibility index (Phi) is 8.45. The van der Waals surface area contributed by atoms with Gasteiger partial charge in [-0.25, -0.2) is 0 Å². The van der Waals surface area contributed by atoms with E-state index in [4.69, 9.17) is 8.92 Å². The summed E-state index contributed by atoms with van der Waals surface area (Å²) in [5.41, 5.74) is 4.51. The molecule has 150 valence electrons. The largest absolute Gasteiger partial charge is 0.491 e. The van der Waals surface area contributed by atoms with Gasteiger partial charge in [-0.15, -0.1) is 5.10 Å². The molecule has 0 aliphatic heterocycles. The molecule has 2 aromatic carbocycles. The van der Waals surface area contributed by atoms with Crippen molar-refractivity contribution in [2.75, 3.05) is 0 Å². The highest BCUT2D eigenvalue weighted by molar-refractivity contribution is 7.95. The molecule has 0 saturated heterocycles. The third-order valence-corrected chi connectivity index (χ3v) is 4.66. The van der Waals surface area contributed by atoms with Crippen molar-refractivity contribution in [3.05, 3.63) is 70.9 Å². The maximum absolute atomic E-state index is 5.88. The Labute approximate surface area is 172 Å². The number of nitrogens with zero attached hydrogens (tertiary/aromatic N) is 1. The van der Waals surface area contributed by atoms with Gasteiger partial charge in [0.05, 0.1) is 18.1 Å². The van der Waals surface area contributed by atoms with Crippen molar-refractivity contribution in [3.8, 4) is 11.6 Å². The summed E-state index contributed by atoms with van der Waals surface area (Å²) >= 11 is 1.33. The Bertz CT molecular complexity index is 840. The third-order valence-electron chi connectivity index (χ3n) is 3.95.